The van der Waals surface area contributed by atoms with Gasteiger partial charge in [-0.15, -0.1) is 0 Å². The number of carbonyl (C=O) groups is 2. The van der Waals surface area contributed by atoms with Crippen molar-refractivity contribution in [1.82, 2.24) is 9.88 Å². The molecular weight excluding hydrogens is 566 g/mol. The predicted octanol–water partition coefficient (Wildman–Crippen LogP) is 6.63. The van der Waals surface area contributed by atoms with Gasteiger partial charge in [-0.2, -0.15) is 0 Å². The van der Waals surface area contributed by atoms with Crippen LogP contribution < -0.4 is 24.4 Å². The first-order valence-corrected chi connectivity index (χ1v) is 14.7. The van der Waals surface area contributed by atoms with E-state index in [-0.39, 0.29) is 11.8 Å². The van der Waals surface area contributed by atoms with Crippen LogP contribution in [0, 0.1) is 6.92 Å². The quantitative estimate of drug-likeness (QED) is 0.216. The first kappa shape index (κ1) is 29.6. The lowest BCUT2D eigenvalue weighted by molar-refractivity contribution is 0.0941. The maximum Gasteiger partial charge on any atom is 0.268 e. The highest BCUT2D eigenvalue weighted by atomic mass is 16.5. The minimum atomic E-state index is -0.211. The minimum Gasteiger partial charge on any atom is -0.497 e. The first-order valence-electron chi connectivity index (χ1n) is 14.7. The molecule has 0 aliphatic carbocycles. The standard InChI is InChI=1S/C37H35N3O5/c1-24-9-5-7-11-31(24)32-15-13-26(19-35(32)45-4)37(42)40-23-28-14-16-34(39(28)22-27-10-6-8-12-33(27)40)36(41)38-21-25-17-29(43-2)20-30(18-25)44-3/h5-20H,21-23H2,1-4H3,(H,38,41). The van der Waals surface area contributed by atoms with Crippen LogP contribution in [0.2, 0.25) is 0 Å². The second-order valence-corrected chi connectivity index (χ2v) is 10.9. The van der Waals surface area contributed by atoms with Crippen LogP contribution in [-0.2, 0) is 19.6 Å². The molecule has 0 saturated carbocycles. The second kappa shape index (κ2) is 12.6. The predicted molar refractivity (Wildman–Crippen MR) is 174 cm³/mol. The normalized spacial score (nSPS) is 12.0. The summed E-state index contributed by atoms with van der Waals surface area (Å²) in [4.78, 5) is 29.4. The van der Waals surface area contributed by atoms with E-state index in [2.05, 4.69) is 24.4 Å². The van der Waals surface area contributed by atoms with Crippen molar-refractivity contribution >= 4 is 17.5 Å². The number of benzene rings is 4. The second-order valence-electron chi connectivity index (χ2n) is 10.9. The fourth-order valence-electron chi connectivity index (χ4n) is 5.86. The number of hydrogen-bond donors (Lipinski definition) is 1. The fraction of sp³-hybridized carbons (Fsp3) is 0.189. The van der Waals surface area contributed by atoms with E-state index in [0.717, 1.165) is 39.2 Å². The van der Waals surface area contributed by atoms with Crippen LogP contribution in [0.1, 0.15) is 43.2 Å². The summed E-state index contributed by atoms with van der Waals surface area (Å²) in [5, 5.41) is 3.03. The third-order valence-corrected chi connectivity index (χ3v) is 8.23. The SMILES string of the molecule is COc1cc(CNC(=O)c2ccc3n2Cc2ccccc2N(C(=O)c2ccc(-c4ccccc4C)c(OC)c2)C3)cc(OC)c1. The molecular formula is C37H35N3O5. The molecule has 2 amide bonds. The molecule has 0 fully saturated rings. The van der Waals surface area contributed by atoms with E-state index in [1.165, 1.54) is 0 Å². The minimum absolute atomic E-state index is 0.148. The Kier molecular flexibility index (Phi) is 8.29. The van der Waals surface area contributed by atoms with Gasteiger partial charge in [0.25, 0.3) is 11.8 Å². The van der Waals surface area contributed by atoms with Crippen molar-refractivity contribution in [2.75, 3.05) is 26.2 Å². The number of aryl methyl sites for hydroxylation is 1. The fourth-order valence-corrected chi connectivity index (χ4v) is 5.86. The summed E-state index contributed by atoms with van der Waals surface area (Å²) in [6, 6.07) is 30.8. The summed E-state index contributed by atoms with van der Waals surface area (Å²) in [5.41, 5.74) is 7.62. The molecule has 0 saturated heterocycles. The van der Waals surface area contributed by atoms with Gasteiger partial charge in [0.1, 0.15) is 22.9 Å². The molecule has 1 aromatic heterocycles. The number of para-hydroxylation sites is 1. The number of anilines is 1. The van der Waals surface area contributed by atoms with Crippen molar-refractivity contribution in [1.29, 1.82) is 0 Å². The summed E-state index contributed by atoms with van der Waals surface area (Å²) in [7, 11) is 4.81. The van der Waals surface area contributed by atoms with Crippen LogP contribution in [-0.4, -0.2) is 37.7 Å². The van der Waals surface area contributed by atoms with Gasteiger partial charge in [0, 0.05) is 35.1 Å². The number of rotatable bonds is 8. The molecule has 1 aliphatic rings. The molecule has 0 unspecified atom stereocenters. The molecule has 5 aromatic rings. The molecule has 1 N–H and O–H groups in total. The van der Waals surface area contributed by atoms with E-state index in [0.29, 0.717) is 48.1 Å². The van der Waals surface area contributed by atoms with Gasteiger partial charge in [-0.05, 0) is 77.7 Å². The Labute approximate surface area is 262 Å². The van der Waals surface area contributed by atoms with E-state index in [4.69, 9.17) is 14.2 Å². The molecule has 0 atom stereocenters. The number of nitrogens with one attached hydrogen (secondary N) is 1. The van der Waals surface area contributed by atoms with Gasteiger partial charge >= 0.3 is 0 Å². The van der Waals surface area contributed by atoms with Gasteiger partial charge in [0.05, 0.1) is 34.4 Å². The Morgan fingerprint density at radius 1 is 0.756 bits per heavy atom. The zero-order valence-corrected chi connectivity index (χ0v) is 25.8. The van der Waals surface area contributed by atoms with Crippen LogP contribution >= 0.6 is 0 Å². The molecule has 0 bridgehead atoms. The summed E-state index contributed by atoms with van der Waals surface area (Å²) >= 11 is 0. The molecule has 1 aliphatic heterocycles. The van der Waals surface area contributed by atoms with Gasteiger partial charge in [0.15, 0.2) is 0 Å². The zero-order chi connectivity index (χ0) is 31.5. The summed E-state index contributed by atoms with van der Waals surface area (Å²) < 4.78 is 18.5. The number of carbonyl (C=O) groups excluding carboxylic acids is 2. The maximum atomic E-state index is 14.2. The van der Waals surface area contributed by atoms with Crippen molar-refractivity contribution in [3.8, 4) is 28.4 Å². The lowest BCUT2D eigenvalue weighted by Gasteiger charge is -2.23. The van der Waals surface area contributed by atoms with E-state index >= 15 is 0 Å². The topological polar surface area (TPSA) is 82.0 Å². The highest BCUT2D eigenvalue weighted by Crippen LogP contribution is 2.35. The zero-order valence-electron chi connectivity index (χ0n) is 25.8. The van der Waals surface area contributed by atoms with E-state index < -0.39 is 0 Å². The van der Waals surface area contributed by atoms with Gasteiger partial charge in [-0.1, -0.05) is 42.5 Å². The van der Waals surface area contributed by atoms with Gasteiger partial charge < -0.3 is 29.0 Å². The first-order chi connectivity index (χ1) is 21.9. The lowest BCUT2D eigenvalue weighted by Crippen LogP contribution is -2.30. The largest absolute Gasteiger partial charge is 0.497 e. The van der Waals surface area contributed by atoms with Crippen molar-refractivity contribution in [2.45, 2.75) is 26.6 Å². The Morgan fingerprint density at radius 3 is 2.22 bits per heavy atom. The van der Waals surface area contributed by atoms with Gasteiger partial charge in [-0.25, -0.2) is 0 Å². The van der Waals surface area contributed by atoms with Crippen LogP contribution in [0.5, 0.6) is 17.2 Å². The summed E-state index contributed by atoms with van der Waals surface area (Å²) in [6.45, 7) is 3.11. The lowest BCUT2D eigenvalue weighted by atomic mass is 9.98. The van der Waals surface area contributed by atoms with E-state index in [1.807, 2.05) is 83.4 Å². The van der Waals surface area contributed by atoms with Crippen molar-refractivity contribution in [2.24, 2.45) is 0 Å². The highest BCUT2D eigenvalue weighted by Gasteiger charge is 2.28. The molecule has 0 spiro atoms. The maximum absolute atomic E-state index is 14.2. The summed E-state index contributed by atoms with van der Waals surface area (Å²) in [5.74, 6) is 1.58. The van der Waals surface area contributed by atoms with Crippen LogP contribution in [0.15, 0.2) is 97.1 Å². The molecule has 6 rings (SSSR count). The van der Waals surface area contributed by atoms with Crippen LogP contribution in [0.4, 0.5) is 5.69 Å². The number of amides is 2. The molecule has 2 heterocycles. The molecule has 0 radical (unpaired) electrons. The molecule has 45 heavy (non-hydrogen) atoms. The monoisotopic (exact) mass is 601 g/mol. The number of methoxy groups -OCH3 is 3. The Bertz CT molecular complexity index is 1870. The van der Waals surface area contributed by atoms with Crippen molar-refractivity contribution in [3.05, 3.63) is 131 Å². The van der Waals surface area contributed by atoms with Crippen molar-refractivity contribution in [3.63, 3.8) is 0 Å². The molecule has 8 heteroatoms. The molecule has 4 aromatic carbocycles. The average molecular weight is 602 g/mol. The number of ether oxygens (including phenoxy) is 3. The molecule has 228 valence electrons. The van der Waals surface area contributed by atoms with Crippen LogP contribution in [0.25, 0.3) is 11.1 Å². The number of aromatic nitrogens is 1. The van der Waals surface area contributed by atoms with E-state index in [1.54, 1.807) is 32.3 Å². The van der Waals surface area contributed by atoms with Crippen LogP contribution in [0.3, 0.4) is 0 Å². The van der Waals surface area contributed by atoms with Crippen molar-refractivity contribution < 1.29 is 23.8 Å². The molecule has 8 nitrogen and oxygen atoms in total. The Morgan fingerprint density at radius 2 is 1.49 bits per heavy atom. The van der Waals surface area contributed by atoms with Gasteiger partial charge in [0.2, 0.25) is 0 Å². The smallest absolute Gasteiger partial charge is 0.268 e. The Balaban J connectivity index is 1.29. The average Bonchev–Trinajstić information content (AvgIpc) is 3.39. The number of fused-ring (bicyclic) bond motifs is 2. The van der Waals surface area contributed by atoms with Gasteiger partial charge in [-0.3, -0.25) is 9.59 Å². The summed E-state index contributed by atoms with van der Waals surface area (Å²) in [6.07, 6.45) is 0. The highest BCUT2D eigenvalue weighted by molar-refractivity contribution is 6.07. The third kappa shape index (κ3) is 5.87. The number of nitrogens with zero attached hydrogens (tertiary/aromatic N) is 2. The Hall–Kier alpha value is -5.50. The van der Waals surface area contributed by atoms with E-state index in [9.17, 15) is 9.59 Å². The third-order valence-electron chi connectivity index (χ3n) is 8.23. The number of hydrogen-bond acceptors (Lipinski definition) is 5.